The molecule has 2 unspecified atom stereocenters. The van der Waals surface area contributed by atoms with Crippen LogP contribution in [0.5, 0.6) is 0 Å². The molecule has 3 fully saturated rings. The Kier molecular flexibility index (Phi) is 8.89. The molecule has 3 saturated heterocycles. The normalized spacial score (nSPS) is 30.3. The van der Waals surface area contributed by atoms with Crippen molar-refractivity contribution < 1.29 is 29.0 Å². The molecule has 1 spiro atoms. The molecular weight excluding hydrogens is 484 g/mol. The fourth-order valence-electron chi connectivity index (χ4n) is 7.48. The maximum atomic E-state index is 14.6. The first-order valence-electron chi connectivity index (χ1n) is 14.1. The molecule has 0 aliphatic carbocycles. The third-order valence-electron chi connectivity index (χ3n) is 8.56. The minimum absolute atomic E-state index is 0.0407. The summed E-state index contributed by atoms with van der Waals surface area (Å²) in [7, 11) is 0. The number of esters is 1. The zero-order valence-corrected chi connectivity index (χ0v) is 24.3. The quantitative estimate of drug-likeness (QED) is 0.220. The van der Waals surface area contributed by atoms with E-state index in [1.54, 1.807) is 17.1 Å². The Morgan fingerprint density at radius 2 is 1.89 bits per heavy atom. The molecule has 3 aliphatic rings. The van der Waals surface area contributed by atoms with Gasteiger partial charge in [-0.2, -0.15) is 0 Å². The van der Waals surface area contributed by atoms with E-state index < -0.39 is 40.6 Å². The highest BCUT2D eigenvalue weighted by atomic mass is 16.6. The Balaban J connectivity index is 2.09. The largest absolute Gasteiger partial charge is 0.465 e. The van der Waals surface area contributed by atoms with Gasteiger partial charge in [0.2, 0.25) is 11.8 Å². The standard InChI is InChI=1S/C30H48N2O6/c1-9-12-19-37-26(36)22-21-24(34)31(17-13-18-33)23(30(21)15-14-29(22,11-3)38-30)25(35)32(16-10-2)28(7,8)20-27(4,5)6/h9-10,21-23,33H,1-2,11-20H2,3-8H3/t21-,22+,23?,29-,30?/m0/s1. The van der Waals surface area contributed by atoms with Gasteiger partial charge in [0.05, 0.1) is 18.1 Å². The van der Waals surface area contributed by atoms with Gasteiger partial charge in [-0.15, -0.1) is 13.2 Å². The number of ether oxygens (including phenoxy) is 2. The lowest BCUT2D eigenvalue weighted by Crippen LogP contribution is -2.61. The summed E-state index contributed by atoms with van der Waals surface area (Å²) in [6, 6.07) is -0.884. The van der Waals surface area contributed by atoms with Gasteiger partial charge in [0.25, 0.3) is 0 Å². The fourth-order valence-corrected chi connectivity index (χ4v) is 7.48. The topological polar surface area (TPSA) is 96.4 Å². The first-order chi connectivity index (χ1) is 17.7. The second kappa shape index (κ2) is 11.1. The van der Waals surface area contributed by atoms with Crippen LogP contribution in [0.1, 0.15) is 80.1 Å². The van der Waals surface area contributed by atoms with Crippen LogP contribution in [0.3, 0.4) is 0 Å². The van der Waals surface area contributed by atoms with Crippen LogP contribution in [0, 0.1) is 17.3 Å². The number of nitrogens with zero attached hydrogens (tertiary/aromatic N) is 2. The van der Waals surface area contributed by atoms with Crippen molar-refractivity contribution in [1.82, 2.24) is 9.80 Å². The molecule has 0 aromatic carbocycles. The lowest BCUT2D eigenvalue weighted by molar-refractivity contribution is -0.163. The number of aliphatic hydroxyl groups is 1. The van der Waals surface area contributed by atoms with E-state index in [1.807, 2.05) is 25.7 Å². The lowest BCUT2D eigenvalue weighted by Gasteiger charge is -2.45. The van der Waals surface area contributed by atoms with Crippen molar-refractivity contribution >= 4 is 17.8 Å². The molecule has 0 aromatic heterocycles. The van der Waals surface area contributed by atoms with Crippen molar-refractivity contribution in [3.05, 3.63) is 25.3 Å². The smallest absolute Gasteiger partial charge is 0.312 e. The van der Waals surface area contributed by atoms with E-state index in [4.69, 9.17) is 9.47 Å². The molecule has 8 heteroatoms. The van der Waals surface area contributed by atoms with Gasteiger partial charge in [-0.3, -0.25) is 14.4 Å². The number of likely N-dealkylation sites (tertiary alicyclic amines) is 1. The molecular formula is C30H48N2O6. The summed E-state index contributed by atoms with van der Waals surface area (Å²) >= 11 is 0. The number of hydrogen-bond donors (Lipinski definition) is 1. The minimum atomic E-state index is -1.11. The van der Waals surface area contributed by atoms with Crippen LogP contribution in [0.15, 0.2) is 25.3 Å². The van der Waals surface area contributed by atoms with Gasteiger partial charge >= 0.3 is 5.97 Å². The Hall–Kier alpha value is -2.19. The molecule has 3 heterocycles. The highest BCUT2D eigenvalue weighted by Crippen LogP contribution is 2.64. The van der Waals surface area contributed by atoms with Crippen LogP contribution in [-0.2, 0) is 23.9 Å². The van der Waals surface area contributed by atoms with E-state index in [2.05, 4.69) is 33.9 Å². The molecule has 214 valence electrons. The Labute approximate surface area is 228 Å². The molecule has 8 nitrogen and oxygen atoms in total. The predicted molar refractivity (Wildman–Crippen MR) is 146 cm³/mol. The molecule has 1 N–H and O–H groups in total. The van der Waals surface area contributed by atoms with Crippen molar-refractivity contribution in [2.75, 3.05) is 26.3 Å². The summed E-state index contributed by atoms with van der Waals surface area (Å²) in [6.07, 6.45) is 6.63. The molecule has 2 bridgehead atoms. The molecule has 0 aromatic rings. The van der Waals surface area contributed by atoms with E-state index in [9.17, 15) is 19.5 Å². The van der Waals surface area contributed by atoms with Gasteiger partial charge < -0.3 is 24.4 Å². The second-order valence-corrected chi connectivity index (χ2v) is 13.0. The van der Waals surface area contributed by atoms with Gasteiger partial charge in [-0.05, 0) is 57.8 Å². The van der Waals surface area contributed by atoms with E-state index in [-0.39, 0.29) is 37.0 Å². The minimum Gasteiger partial charge on any atom is -0.465 e. The summed E-state index contributed by atoms with van der Waals surface area (Å²) in [6.45, 7) is 20.7. The highest BCUT2D eigenvalue weighted by Gasteiger charge is 2.79. The molecule has 0 saturated carbocycles. The maximum Gasteiger partial charge on any atom is 0.312 e. The van der Waals surface area contributed by atoms with Gasteiger partial charge in [-0.1, -0.05) is 39.8 Å². The second-order valence-electron chi connectivity index (χ2n) is 13.0. The summed E-state index contributed by atoms with van der Waals surface area (Å²) in [5, 5.41) is 9.60. The van der Waals surface area contributed by atoms with E-state index in [0.717, 1.165) is 6.42 Å². The van der Waals surface area contributed by atoms with E-state index in [0.29, 0.717) is 38.6 Å². The third-order valence-corrected chi connectivity index (χ3v) is 8.56. The zero-order valence-electron chi connectivity index (χ0n) is 24.3. The molecule has 38 heavy (non-hydrogen) atoms. The van der Waals surface area contributed by atoms with Crippen LogP contribution < -0.4 is 0 Å². The number of hydrogen-bond acceptors (Lipinski definition) is 6. The van der Waals surface area contributed by atoms with Crippen molar-refractivity contribution in [2.24, 2.45) is 17.3 Å². The lowest BCUT2D eigenvalue weighted by atomic mass is 9.65. The number of fused-ring (bicyclic) bond motifs is 1. The van der Waals surface area contributed by atoms with Crippen LogP contribution in [0.25, 0.3) is 0 Å². The van der Waals surface area contributed by atoms with Gasteiger partial charge in [-0.25, -0.2) is 0 Å². The zero-order chi connectivity index (χ0) is 28.5. The van der Waals surface area contributed by atoms with Crippen molar-refractivity contribution in [1.29, 1.82) is 0 Å². The van der Waals surface area contributed by atoms with Crippen molar-refractivity contribution in [3.8, 4) is 0 Å². The van der Waals surface area contributed by atoms with E-state index in [1.165, 1.54) is 0 Å². The number of rotatable bonds is 13. The van der Waals surface area contributed by atoms with Crippen molar-refractivity contribution in [2.45, 2.75) is 103 Å². The molecule has 3 rings (SSSR count). The average Bonchev–Trinajstić information content (AvgIpc) is 3.43. The summed E-state index contributed by atoms with van der Waals surface area (Å²) in [5.41, 5.74) is -2.51. The van der Waals surface area contributed by atoms with Crippen molar-refractivity contribution in [3.63, 3.8) is 0 Å². The third kappa shape index (κ3) is 5.18. The van der Waals surface area contributed by atoms with Crippen LogP contribution in [0.4, 0.5) is 0 Å². The van der Waals surface area contributed by atoms with Crippen LogP contribution >= 0.6 is 0 Å². The van der Waals surface area contributed by atoms with Crippen LogP contribution in [0.2, 0.25) is 0 Å². The first kappa shape index (κ1) is 30.4. The number of carbonyl (C=O) groups is 3. The van der Waals surface area contributed by atoms with Gasteiger partial charge in [0.1, 0.15) is 17.6 Å². The Morgan fingerprint density at radius 3 is 2.45 bits per heavy atom. The Morgan fingerprint density at radius 1 is 1.21 bits per heavy atom. The van der Waals surface area contributed by atoms with Crippen LogP contribution in [-0.4, -0.2) is 81.8 Å². The SMILES string of the molecule is C=CCCOC(=O)[C@H]1[C@H]2C(=O)N(CCCO)C(C(=O)N(CC=C)C(C)(C)CC(C)(C)C)C23CC[C@]1(CC)O3. The number of amides is 2. The average molecular weight is 533 g/mol. The molecule has 5 atom stereocenters. The summed E-state index contributed by atoms with van der Waals surface area (Å²) < 4.78 is 12.4. The van der Waals surface area contributed by atoms with E-state index >= 15 is 0 Å². The highest BCUT2D eigenvalue weighted by molar-refractivity contribution is 5.98. The monoisotopic (exact) mass is 532 g/mol. The van der Waals surface area contributed by atoms with Gasteiger partial charge in [0, 0.05) is 25.2 Å². The summed E-state index contributed by atoms with van der Waals surface area (Å²) in [4.78, 5) is 45.6. The summed E-state index contributed by atoms with van der Waals surface area (Å²) in [5.74, 6) is -2.47. The van der Waals surface area contributed by atoms with Gasteiger partial charge in [0.15, 0.2) is 0 Å². The maximum absolute atomic E-state index is 14.6. The first-order valence-corrected chi connectivity index (χ1v) is 14.1. The number of aliphatic hydroxyl groups excluding tert-OH is 1. The Bertz CT molecular complexity index is 940. The molecule has 0 radical (unpaired) electrons. The molecule has 3 aliphatic heterocycles. The number of carbonyl (C=O) groups excluding carboxylic acids is 3. The fraction of sp³-hybridized carbons (Fsp3) is 0.767. The molecule has 2 amide bonds. The predicted octanol–water partition coefficient (Wildman–Crippen LogP) is 3.87.